The van der Waals surface area contributed by atoms with Gasteiger partial charge in [0.05, 0.1) is 0 Å². The van der Waals surface area contributed by atoms with E-state index in [1.54, 1.807) is 24.3 Å². The summed E-state index contributed by atoms with van der Waals surface area (Å²) in [6, 6.07) is 5.31. The number of nitrogens with two attached hydrogens (primary N) is 2. The molecule has 0 aromatic heterocycles. The number of para-hydroxylation sites is 1. The Morgan fingerprint density at radius 1 is 1.16 bits per heavy atom. The smallest absolute Gasteiger partial charge is 0.320 e. The molecule has 5 N–H and O–H groups in total. The highest BCUT2D eigenvalue weighted by atomic mass is 16.4. The molecule has 0 aliphatic heterocycles. The predicted molar refractivity (Wildman–Crippen MR) is 78.1 cm³/mol. The van der Waals surface area contributed by atoms with Crippen LogP contribution in [0.4, 0.5) is 5.69 Å². The van der Waals surface area contributed by atoms with Crippen molar-refractivity contribution in [2.75, 3.05) is 5.73 Å². The molecule has 0 saturated carbocycles. The largest absolute Gasteiger partial charge is 0.480 e. The van der Waals surface area contributed by atoms with Gasteiger partial charge < -0.3 is 16.6 Å². The summed E-state index contributed by atoms with van der Waals surface area (Å²) < 4.78 is 0. The molecule has 108 valence electrons. The van der Waals surface area contributed by atoms with Crippen molar-refractivity contribution < 1.29 is 14.7 Å². The quantitative estimate of drug-likeness (QED) is 0.574. The van der Waals surface area contributed by atoms with Crippen LogP contribution in [0.5, 0.6) is 0 Å². The fraction of sp³-hybridized carbons (Fsp3) is 0.429. The molecule has 0 fully saturated rings. The molecule has 5 heteroatoms. The third kappa shape index (κ3) is 7.21. The molecule has 1 rings (SSSR count). The molecule has 1 atom stereocenters. The van der Waals surface area contributed by atoms with E-state index < -0.39 is 12.0 Å². The highest BCUT2D eigenvalue weighted by Crippen LogP contribution is 2.13. The number of carbonyl (C=O) groups excluding carboxylic acids is 1. The molecule has 0 saturated heterocycles. The number of benzene rings is 1. The SMILES string of the molecule is CC.CC.Nc1ccccc1C(=O)CC(N)C(=O)O. The average molecular weight is 268 g/mol. The summed E-state index contributed by atoms with van der Waals surface area (Å²) in [7, 11) is 0. The molecule has 1 unspecified atom stereocenters. The van der Waals surface area contributed by atoms with E-state index in [1.807, 2.05) is 27.7 Å². The standard InChI is InChI=1S/C10H12N2O3.2C2H6/c11-7-4-2-1-3-6(7)9(13)5-8(12)10(14)15;2*1-2/h1-4,8H,5,11-12H2,(H,14,15);2*1-2H3. The third-order valence-corrected chi connectivity index (χ3v) is 1.98. The lowest BCUT2D eigenvalue weighted by atomic mass is 10.0. The minimum atomic E-state index is -1.20. The molecule has 0 spiro atoms. The van der Waals surface area contributed by atoms with Crippen LogP contribution in [0.1, 0.15) is 44.5 Å². The zero-order chi connectivity index (χ0) is 15.4. The molecule has 0 aliphatic rings. The molecule has 0 amide bonds. The second kappa shape index (κ2) is 11.2. The molecular formula is C14H24N2O3. The molecule has 5 nitrogen and oxygen atoms in total. The van der Waals surface area contributed by atoms with Gasteiger partial charge in [-0.15, -0.1) is 0 Å². The Morgan fingerprint density at radius 2 is 1.63 bits per heavy atom. The predicted octanol–water partition coefficient (Wildman–Crippen LogP) is 2.31. The number of rotatable bonds is 4. The lowest BCUT2D eigenvalue weighted by molar-refractivity contribution is -0.138. The van der Waals surface area contributed by atoms with Gasteiger partial charge in [-0.1, -0.05) is 39.8 Å². The molecule has 0 bridgehead atoms. The monoisotopic (exact) mass is 268 g/mol. The highest BCUT2D eigenvalue weighted by molar-refractivity contribution is 6.02. The Bertz CT molecular complexity index is 392. The zero-order valence-corrected chi connectivity index (χ0v) is 12.0. The van der Waals surface area contributed by atoms with Gasteiger partial charge in [-0.2, -0.15) is 0 Å². The van der Waals surface area contributed by atoms with Gasteiger partial charge in [0.2, 0.25) is 0 Å². The van der Waals surface area contributed by atoms with Gasteiger partial charge in [0.15, 0.2) is 5.78 Å². The first kappa shape index (κ1) is 19.5. The van der Waals surface area contributed by atoms with Gasteiger partial charge in [-0.05, 0) is 12.1 Å². The van der Waals surface area contributed by atoms with E-state index in [4.69, 9.17) is 16.6 Å². The number of ketones is 1. The maximum atomic E-state index is 11.6. The molecule has 0 heterocycles. The van der Waals surface area contributed by atoms with Gasteiger partial charge >= 0.3 is 5.97 Å². The van der Waals surface area contributed by atoms with E-state index in [9.17, 15) is 9.59 Å². The van der Waals surface area contributed by atoms with Crippen LogP contribution in [-0.2, 0) is 4.79 Å². The molecule has 0 radical (unpaired) electrons. The molecular weight excluding hydrogens is 244 g/mol. The first-order valence-electron chi connectivity index (χ1n) is 6.38. The van der Waals surface area contributed by atoms with Crippen molar-refractivity contribution in [3.05, 3.63) is 29.8 Å². The minimum absolute atomic E-state index is 0.246. The Morgan fingerprint density at radius 3 is 2.05 bits per heavy atom. The number of anilines is 1. The van der Waals surface area contributed by atoms with Gasteiger partial charge in [0.1, 0.15) is 6.04 Å². The van der Waals surface area contributed by atoms with E-state index in [-0.39, 0.29) is 12.2 Å². The van der Waals surface area contributed by atoms with Crippen LogP contribution in [0.2, 0.25) is 0 Å². The van der Waals surface area contributed by atoms with Gasteiger partial charge in [-0.25, -0.2) is 0 Å². The number of carboxylic acids is 1. The van der Waals surface area contributed by atoms with Crippen LogP contribution in [0, 0.1) is 0 Å². The van der Waals surface area contributed by atoms with Crippen LogP contribution in [0.25, 0.3) is 0 Å². The second-order valence-electron chi connectivity index (χ2n) is 3.16. The van der Waals surface area contributed by atoms with Crippen molar-refractivity contribution in [3.8, 4) is 0 Å². The Kier molecular flexibility index (Phi) is 11.5. The Hall–Kier alpha value is -1.88. The lowest BCUT2D eigenvalue weighted by Crippen LogP contribution is -2.32. The number of nitrogen functional groups attached to an aromatic ring is 1. The summed E-state index contributed by atoms with van der Waals surface area (Å²) in [5.41, 5.74) is 11.5. The number of carboxylic acid groups (broad SMARTS) is 1. The van der Waals surface area contributed by atoms with Crippen molar-refractivity contribution in [2.45, 2.75) is 40.2 Å². The molecule has 19 heavy (non-hydrogen) atoms. The summed E-state index contributed by atoms with van der Waals surface area (Å²) >= 11 is 0. The maximum Gasteiger partial charge on any atom is 0.320 e. The third-order valence-electron chi connectivity index (χ3n) is 1.98. The van der Waals surface area contributed by atoms with Crippen molar-refractivity contribution in [1.82, 2.24) is 0 Å². The Balaban J connectivity index is 0. The summed E-state index contributed by atoms with van der Waals surface area (Å²) in [4.78, 5) is 22.0. The van der Waals surface area contributed by atoms with E-state index in [0.717, 1.165) is 0 Å². The minimum Gasteiger partial charge on any atom is -0.480 e. The number of Topliss-reactive ketones (excluding diaryl/α,β-unsaturated/α-hetero) is 1. The van der Waals surface area contributed by atoms with Gasteiger partial charge in [0, 0.05) is 17.7 Å². The summed E-state index contributed by atoms with van der Waals surface area (Å²) in [5.74, 6) is -1.55. The molecule has 0 aliphatic carbocycles. The van der Waals surface area contributed by atoms with Crippen LogP contribution in [-0.4, -0.2) is 22.9 Å². The lowest BCUT2D eigenvalue weighted by Gasteiger charge is -2.07. The topological polar surface area (TPSA) is 106 Å². The van der Waals surface area contributed by atoms with E-state index >= 15 is 0 Å². The van der Waals surface area contributed by atoms with Crippen LogP contribution >= 0.6 is 0 Å². The molecule has 1 aromatic rings. The average Bonchev–Trinajstić information content (AvgIpc) is 2.43. The highest BCUT2D eigenvalue weighted by Gasteiger charge is 2.18. The van der Waals surface area contributed by atoms with E-state index in [1.165, 1.54) is 0 Å². The number of carbonyl (C=O) groups is 2. The van der Waals surface area contributed by atoms with Crippen LogP contribution in [0.15, 0.2) is 24.3 Å². The van der Waals surface area contributed by atoms with Crippen molar-refractivity contribution in [1.29, 1.82) is 0 Å². The van der Waals surface area contributed by atoms with Gasteiger partial charge in [0.25, 0.3) is 0 Å². The van der Waals surface area contributed by atoms with Crippen molar-refractivity contribution >= 4 is 17.4 Å². The number of hydrogen-bond acceptors (Lipinski definition) is 4. The molecule has 1 aromatic carbocycles. The number of hydrogen-bond donors (Lipinski definition) is 3. The normalized spacial score (nSPS) is 10.2. The Labute approximate surface area is 114 Å². The number of aliphatic carboxylic acids is 1. The van der Waals surface area contributed by atoms with Crippen LogP contribution < -0.4 is 11.5 Å². The van der Waals surface area contributed by atoms with Crippen molar-refractivity contribution in [3.63, 3.8) is 0 Å². The summed E-state index contributed by atoms with van der Waals surface area (Å²) in [6.07, 6.45) is -0.246. The van der Waals surface area contributed by atoms with Crippen molar-refractivity contribution in [2.24, 2.45) is 5.73 Å². The van der Waals surface area contributed by atoms with E-state index in [2.05, 4.69) is 0 Å². The maximum absolute atomic E-state index is 11.6. The zero-order valence-electron chi connectivity index (χ0n) is 12.0. The fourth-order valence-corrected chi connectivity index (χ4v) is 1.15. The summed E-state index contributed by atoms with van der Waals surface area (Å²) in [6.45, 7) is 8.00. The summed E-state index contributed by atoms with van der Waals surface area (Å²) in [5, 5.41) is 8.54. The van der Waals surface area contributed by atoms with Gasteiger partial charge in [-0.3, -0.25) is 9.59 Å². The fourth-order valence-electron chi connectivity index (χ4n) is 1.15. The first-order chi connectivity index (χ1) is 9.02. The second-order valence-corrected chi connectivity index (χ2v) is 3.16. The van der Waals surface area contributed by atoms with Crippen LogP contribution in [0.3, 0.4) is 0 Å². The van der Waals surface area contributed by atoms with E-state index in [0.29, 0.717) is 11.3 Å². The first-order valence-corrected chi connectivity index (χ1v) is 6.38.